The van der Waals surface area contributed by atoms with Crippen molar-refractivity contribution in [1.82, 2.24) is 15.0 Å². The Morgan fingerprint density at radius 1 is 1.32 bits per heavy atom. The molecule has 1 aliphatic rings. The maximum absolute atomic E-state index is 13.4. The van der Waals surface area contributed by atoms with Crippen LogP contribution >= 0.6 is 0 Å². The van der Waals surface area contributed by atoms with Gasteiger partial charge in [-0.1, -0.05) is 30.7 Å². The number of benzene rings is 1. The van der Waals surface area contributed by atoms with Crippen LogP contribution in [0.2, 0.25) is 0 Å². The highest BCUT2D eigenvalue weighted by atomic mass is 19.1. The Hall–Kier alpha value is -2.24. The number of rotatable bonds is 3. The van der Waals surface area contributed by atoms with Gasteiger partial charge >= 0.3 is 0 Å². The quantitative estimate of drug-likeness (QED) is 0.910. The molecule has 5 nitrogen and oxygen atoms in total. The van der Waals surface area contributed by atoms with Crippen molar-refractivity contribution >= 4 is 11.9 Å². The average molecular weight is 301 g/mol. The van der Waals surface area contributed by atoms with Crippen molar-refractivity contribution in [3.05, 3.63) is 40.7 Å². The highest BCUT2D eigenvalue weighted by Gasteiger charge is 2.30. The van der Waals surface area contributed by atoms with Crippen LogP contribution < -0.4 is 11.1 Å². The van der Waals surface area contributed by atoms with Crippen molar-refractivity contribution in [3.8, 4) is 0 Å². The molecule has 0 aliphatic heterocycles. The summed E-state index contributed by atoms with van der Waals surface area (Å²) < 4.78 is 13.4. The molecule has 0 spiro atoms. The molecule has 22 heavy (non-hydrogen) atoms. The largest absolute Gasteiger partial charge is 0.368 e. The first-order chi connectivity index (χ1) is 10.4. The lowest BCUT2D eigenvalue weighted by molar-refractivity contribution is 0.356. The first-order valence-electron chi connectivity index (χ1n) is 7.45. The molecule has 0 bridgehead atoms. The van der Waals surface area contributed by atoms with Gasteiger partial charge in [-0.05, 0) is 37.3 Å². The molecule has 0 amide bonds. The summed E-state index contributed by atoms with van der Waals surface area (Å²) in [5, 5.41) is 3.30. The molecule has 3 N–H and O–H groups in total. The Bertz CT molecular complexity index is 701. The fourth-order valence-corrected chi connectivity index (χ4v) is 2.97. The van der Waals surface area contributed by atoms with Gasteiger partial charge < -0.3 is 11.1 Å². The van der Waals surface area contributed by atoms with E-state index in [1.54, 1.807) is 0 Å². The molecule has 1 aromatic heterocycles. The van der Waals surface area contributed by atoms with Gasteiger partial charge in [0.05, 0.1) is 6.04 Å². The lowest BCUT2D eigenvalue weighted by Crippen LogP contribution is -2.18. The number of hydrogen-bond donors (Lipinski definition) is 2. The lowest BCUT2D eigenvalue weighted by atomic mass is 10.0. The van der Waals surface area contributed by atoms with E-state index in [9.17, 15) is 4.39 Å². The van der Waals surface area contributed by atoms with Crippen molar-refractivity contribution in [1.29, 1.82) is 0 Å². The summed E-state index contributed by atoms with van der Waals surface area (Å²) in [7, 11) is 0. The number of aryl methyl sites for hydroxylation is 1. The van der Waals surface area contributed by atoms with Crippen molar-refractivity contribution in [2.75, 3.05) is 11.1 Å². The van der Waals surface area contributed by atoms with Gasteiger partial charge in [0, 0.05) is 0 Å². The third-order valence-electron chi connectivity index (χ3n) is 4.06. The zero-order valence-electron chi connectivity index (χ0n) is 13.0. The van der Waals surface area contributed by atoms with Gasteiger partial charge in [0.1, 0.15) is 0 Å². The lowest BCUT2D eigenvalue weighted by Gasteiger charge is -2.19. The molecule has 2 aromatic rings. The van der Waals surface area contributed by atoms with Crippen LogP contribution in [-0.4, -0.2) is 15.0 Å². The van der Waals surface area contributed by atoms with Crippen LogP contribution in [0.3, 0.4) is 0 Å². The van der Waals surface area contributed by atoms with Gasteiger partial charge in [0.2, 0.25) is 11.9 Å². The van der Waals surface area contributed by atoms with E-state index in [2.05, 4.69) is 52.3 Å². The zero-order chi connectivity index (χ0) is 15.9. The summed E-state index contributed by atoms with van der Waals surface area (Å²) in [6.07, 6.45) is -0.276. The molecule has 116 valence electrons. The summed E-state index contributed by atoms with van der Waals surface area (Å²) in [6.45, 7) is 5.63. The van der Waals surface area contributed by atoms with E-state index in [0.29, 0.717) is 11.9 Å². The highest BCUT2D eigenvalue weighted by Crippen LogP contribution is 2.38. The maximum Gasteiger partial charge on any atom is 0.228 e. The maximum atomic E-state index is 13.4. The molecule has 3 rings (SSSR count). The Labute approximate surface area is 129 Å². The summed E-state index contributed by atoms with van der Waals surface area (Å²) in [5.41, 5.74) is 9.45. The second-order valence-corrected chi connectivity index (χ2v) is 6.00. The molecule has 6 heteroatoms. The summed E-state index contributed by atoms with van der Waals surface area (Å²) in [5.74, 6) is 0.830. The average Bonchev–Trinajstić information content (AvgIpc) is 2.74. The first-order valence-corrected chi connectivity index (χ1v) is 7.45. The molecule has 0 unspecified atom stereocenters. The number of aromatic nitrogens is 3. The monoisotopic (exact) mass is 301 g/mol. The van der Waals surface area contributed by atoms with E-state index in [1.807, 2.05) is 0 Å². The Morgan fingerprint density at radius 2 is 2.09 bits per heavy atom. The summed E-state index contributed by atoms with van der Waals surface area (Å²) in [6, 6.07) is 6.57. The third kappa shape index (κ3) is 2.73. The van der Waals surface area contributed by atoms with Gasteiger partial charge in [-0.25, -0.2) is 4.39 Å². The summed E-state index contributed by atoms with van der Waals surface area (Å²) in [4.78, 5) is 12.1. The molecular weight excluding hydrogens is 281 g/mol. The van der Waals surface area contributed by atoms with Crippen LogP contribution in [0.4, 0.5) is 16.3 Å². The SMILES string of the molecule is Cc1ccc2c(c1)[C@H](Nc1nc(N)nc([C@H](C)F)n1)[C@@H](C)C2. The smallest absolute Gasteiger partial charge is 0.228 e. The van der Waals surface area contributed by atoms with Crippen molar-refractivity contribution in [2.45, 2.75) is 39.4 Å². The second kappa shape index (κ2) is 5.51. The van der Waals surface area contributed by atoms with Gasteiger partial charge in [-0.3, -0.25) is 0 Å². The number of nitrogens with one attached hydrogen (secondary N) is 1. The minimum Gasteiger partial charge on any atom is -0.368 e. The zero-order valence-corrected chi connectivity index (χ0v) is 13.0. The molecule has 0 radical (unpaired) electrons. The standard InChI is InChI=1S/C16H20FN5/c1-8-4-5-11-7-9(2)13(12(11)6-8)19-16-21-14(10(3)17)20-15(18)22-16/h4-6,9-10,13H,7H2,1-3H3,(H3,18,19,20,21,22)/t9-,10-,13+/m0/s1. The molecule has 1 aliphatic carbocycles. The van der Waals surface area contributed by atoms with Crippen molar-refractivity contribution in [3.63, 3.8) is 0 Å². The van der Waals surface area contributed by atoms with Gasteiger partial charge in [0.15, 0.2) is 12.0 Å². The topological polar surface area (TPSA) is 76.7 Å². The van der Waals surface area contributed by atoms with Crippen LogP contribution in [0.25, 0.3) is 0 Å². The number of alkyl halides is 1. The van der Waals surface area contributed by atoms with Crippen LogP contribution in [0, 0.1) is 12.8 Å². The van der Waals surface area contributed by atoms with Gasteiger partial charge in [-0.2, -0.15) is 15.0 Å². The van der Waals surface area contributed by atoms with Crippen LogP contribution in [0.1, 0.15) is 48.6 Å². The number of anilines is 2. The van der Waals surface area contributed by atoms with E-state index in [0.717, 1.165) is 6.42 Å². The predicted molar refractivity (Wildman–Crippen MR) is 84.2 cm³/mol. The number of nitrogens with zero attached hydrogens (tertiary/aromatic N) is 3. The highest BCUT2D eigenvalue weighted by molar-refractivity contribution is 5.44. The normalized spacial score (nSPS) is 21.5. The first kappa shape index (κ1) is 14.7. The van der Waals surface area contributed by atoms with Crippen LogP contribution in [0.5, 0.6) is 0 Å². The molecule has 1 aromatic carbocycles. The Balaban J connectivity index is 1.92. The fourth-order valence-electron chi connectivity index (χ4n) is 2.97. The Kier molecular flexibility index (Phi) is 3.68. The van der Waals surface area contributed by atoms with Crippen LogP contribution in [-0.2, 0) is 6.42 Å². The van der Waals surface area contributed by atoms with E-state index in [1.165, 1.54) is 23.6 Å². The molecule has 0 saturated carbocycles. The van der Waals surface area contributed by atoms with Gasteiger partial charge in [0.25, 0.3) is 0 Å². The Morgan fingerprint density at radius 3 is 2.82 bits per heavy atom. The number of hydrogen-bond acceptors (Lipinski definition) is 5. The fraction of sp³-hybridized carbons (Fsp3) is 0.438. The molecule has 1 heterocycles. The number of fused-ring (bicyclic) bond motifs is 1. The van der Waals surface area contributed by atoms with E-state index < -0.39 is 6.17 Å². The van der Waals surface area contributed by atoms with Gasteiger partial charge in [-0.15, -0.1) is 0 Å². The minimum atomic E-state index is -1.28. The molecular formula is C16H20FN5. The minimum absolute atomic E-state index is 0.0344. The molecule has 0 saturated heterocycles. The number of nitrogen functional groups attached to an aromatic ring is 1. The van der Waals surface area contributed by atoms with Crippen LogP contribution in [0.15, 0.2) is 18.2 Å². The third-order valence-corrected chi connectivity index (χ3v) is 4.06. The van der Waals surface area contributed by atoms with E-state index in [-0.39, 0.29) is 17.8 Å². The number of halogens is 1. The van der Waals surface area contributed by atoms with E-state index >= 15 is 0 Å². The number of nitrogens with two attached hydrogens (primary N) is 1. The molecule has 0 fully saturated rings. The van der Waals surface area contributed by atoms with E-state index in [4.69, 9.17) is 5.73 Å². The summed E-state index contributed by atoms with van der Waals surface area (Å²) >= 11 is 0. The predicted octanol–water partition coefficient (Wildman–Crippen LogP) is 3.14. The van der Waals surface area contributed by atoms with Crippen molar-refractivity contribution in [2.24, 2.45) is 5.92 Å². The second-order valence-electron chi connectivity index (χ2n) is 6.00. The molecule has 3 atom stereocenters. The van der Waals surface area contributed by atoms with Crippen molar-refractivity contribution < 1.29 is 4.39 Å².